The first-order valence-corrected chi connectivity index (χ1v) is 9.84. The number of aromatic nitrogens is 2. The van der Waals surface area contributed by atoms with Crippen LogP contribution in [-0.2, 0) is 5.75 Å². The van der Waals surface area contributed by atoms with E-state index in [1.54, 1.807) is 23.1 Å². The topological polar surface area (TPSA) is 37.8 Å². The van der Waals surface area contributed by atoms with Crippen molar-refractivity contribution in [2.24, 2.45) is 0 Å². The molecule has 5 heteroatoms. The van der Waals surface area contributed by atoms with E-state index in [1.807, 2.05) is 0 Å². The molecule has 0 bridgehead atoms. The first kappa shape index (κ1) is 17.3. The van der Waals surface area contributed by atoms with Gasteiger partial charge >= 0.3 is 0 Å². The van der Waals surface area contributed by atoms with E-state index in [-0.39, 0.29) is 0 Å². The van der Waals surface area contributed by atoms with Crippen molar-refractivity contribution in [3.8, 4) is 0 Å². The Kier molecular flexibility index (Phi) is 7.74. The number of aryl methyl sites for hydroxylation is 1. The van der Waals surface area contributed by atoms with E-state index >= 15 is 0 Å². The molecule has 0 aliphatic carbocycles. The van der Waals surface area contributed by atoms with Gasteiger partial charge in [0.25, 0.3) is 0 Å². The number of hydrogen-bond donors (Lipinski definition) is 1. The molecule has 1 heterocycles. The van der Waals surface area contributed by atoms with Gasteiger partial charge in [-0.15, -0.1) is 10.2 Å². The van der Waals surface area contributed by atoms with Crippen LogP contribution in [0.5, 0.6) is 0 Å². The minimum Gasteiger partial charge on any atom is -0.360 e. The molecule has 0 radical (unpaired) electrons. The van der Waals surface area contributed by atoms with Crippen molar-refractivity contribution >= 4 is 28.2 Å². The predicted octanol–water partition coefficient (Wildman–Crippen LogP) is 5.52. The van der Waals surface area contributed by atoms with E-state index in [4.69, 9.17) is 0 Å². The summed E-state index contributed by atoms with van der Waals surface area (Å²) in [4.78, 5) is 0. The summed E-state index contributed by atoms with van der Waals surface area (Å²) in [5.41, 5.74) is 2.64. The summed E-state index contributed by atoms with van der Waals surface area (Å²) >= 11 is 3.41. The molecule has 0 saturated heterocycles. The summed E-state index contributed by atoms with van der Waals surface area (Å²) < 4.78 is 1.04. The average Bonchev–Trinajstić information content (AvgIpc) is 2.97. The molecule has 22 heavy (non-hydrogen) atoms. The number of nitrogens with zero attached hydrogens (tertiary/aromatic N) is 2. The number of rotatable bonds is 10. The first-order valence-electron chi connectivity index (χ1n) is 8.03. The lowest BCUT2D eigenvalue weighted by Crippen LogP contribution is -2.00. The Bertz CT molecular complexity index is 554. The molecule has 1 N–H and O–H groups in total. The Morgan fingerprint density at radius 1 is 1.14 bits per heavy atom. The van der Waals surface area contributed by atoms with Crippen molar-refractivity contribution in [3.63, 3.8) is 0 Å². The van der Waals surface area contributed by atoms with Crippen LogP contribution in [0.25, 0.3) is 0 Å². The summed E-state index contributed by atoms with van der Waals surface area (Å²) in [5, 5.41) is 12.8. The van der Waals surface area contributed by atoms with Crippen molar-refractivity contribution < 1.29 is 0 Å². The molecule has 0 unspecified atom stereocenters. The monoisotopic (exact) mass is 335 g/mol. The van der Waals surface area contributed by atoms with E-state index in [1.165, 1.54) is 43.2 Å². The molecule has 0 saturated carbocycles. The second kappa shape index (κ2) is 9.85. The van der Waals surface area contributed by atoms with E-state index in [0.29, 0.717) is 0 Å². The van der Waals surface area contributed by atoms with Gasteiger partial charge in [-0.3, -0.25) is 0 Å². The van der Waals surface area contributed by atoms with Crippen molar-refractivity contribution in [2.45, 2.75) is 56.0 Å². The van der Waals surface area contributed by atoms with E-state index in [2.05, 4.69) is 53.6 Å². The van der Waals surface area contributed by atoms with E-state index < -0.39 is 0 Å². The summed E-state index contributed by atoms with van der Waals surface area (Å²) in [6, 6.07) is 8.62. The maximum absolute atomic E-state index is 4.25. The van der Waals surface area contributed by atoms with Crippen LogP contribution in [0, 0.1) is 6.92 Å². The van der Waals surface area contributed by atoms with Gasteiger partial charge in [-0.25, -0.2) is 0 Å². The maximum atomic E-state index is 4.25. The second-order valence-electron chi connectivity index (χ2n) is 5.49. The van der Waals surface area contributed by atoms with Gasteiger partial charge < -0.3 is 5.32 Å². The molecule has 0 spiro atoms. The first-order chi connectivity index (χ1) is 10.8. The number of benzene rings is 1. The summed E-state index contributed by atoms with van der Waals surface area (Å²) in [6.45, 7) is 5.37. The molecule has 0 fully saturated rings. The van der Waals surface area contributed by atoms with Crippen LogP contribution >= 0.6 is 23.1 Å². The zero-order valence-electron chi connectivity index (χ0n) is 13.5. The Balaban J connectivity index is 1.68. The van der Waals surface area contributed by atoms with Crippen LogP contribution in [0.15, 0.2) is 28.6 Å². The fourth-order valence-electron chi connectivity index (χ4n) is 2.21. The van der Waals surface area contributed by atoms with Gasteiger partial charge in [0.2, 0.25) is 5.13 Å². The standard InChI is InChI=1S/C17H25N3S2/c1-3-4-5-6-7-11-18-16-19-20-17(22-16)21-13-15-10-8-9-14(2)12-15/h8-10,12H,3-7,11,13H2,1-2H3,(H,18,19). The summed E-state index contributed by atoms with van der Waals surface area (Å²) in [7, 11) is 0. The number of thioether (sulfide) groups is 1. The molecule has 0 aliphatic rings. The number of anilines is 1. The van der Waals surface area contributed by atoms with E-state index in [9.17, 15) is 0 Å². The van der Waals surface area contributed by atoms with Gasteiger partial charge in [-0.2, -0.15) is 0 Å². The molecular weight excluding hydrogens is 310 g/mol. The number of nitrogens with one attached hydrogen (secondary N) is 1. The highest BCUT2D eigenvalue weighted by molar-refractivity contribution is 8.00. The van der Waals surface area contributed by atoms with Crippen LogP contribution in [0.1, 0.15) is 50.2 Å². The molecule has 0 aliphatic heterocycles. The summed E-state index contributed by atoms with van der Waals surface area (Å²) in [6.07, 6.45) is 6.50. The molecule has 2 aromatic rings. The lowest BCUT2D eigenvalue weighted by Gasteiger charge is -2.01. The molecular formula is C17H25N3S2. The Morgan fingerprint density at radius 2 is 2.00 bits per heavy atom. The van der Waals surface area contributed by atoms with Crippen molar-refractivity contribution in [3.05, 3.63) is 35.4 Å². The smallest absolute Gasteiger partial charge is 0.206 e. The van der Waals surface area contributed by atoms with Crippen molar-refractivity contribution in [1.29, 1.82) is 0 Å². The van der Waals surface area contributed by atoms with Crippen LogP contribution < -0.4 is 5.32 Å². The lowest BCUT2D eigenvalue weighted by molar-refractivity contribution is 0.645. The normalized spacial score (nSPS) is 10.8. The van der Waals surface area contributed by atoms with Crippen LogP contribution in [0.3, 0.4) is 0 Å². The SMILES string of the molecule is CCCCCCCNc1nnc(SCc2cccc(C)c2)s1. The van der Waals surface area contributed by atoms with Gasteiger partial charge in [0.15, 0.2) is 4.34 Å². The van der Waals surface area contributed by atoms with Gasteiger partial charge in [0.1, 0.15) is 0 Å². The molecule has 0 amide bonds. The minimum atomic E-state index is 0.947. The maximum Gasteiger partial charge on any atom is 0.206 e. The van der Waals surface area contributed by atoms with Gasteiger partial charge in [-0.1, -0.05) is 85.5 Å². The third-order valence-electron chi connectivity index (χ3n) is 3.41. The third-order valence-corrected chi connectivity index (χ3v) is 5.49. The van der Waals surface area contributed by atoms with Crippen molar-refractivity contribution in [2.75, 3.05) is 11.9 Å². The highest BCUT2D eigenvalue weighted by Crippen LogP contribution is 2.28. The fourth-order valence-corrected chi connectivity index (χ4v) is 3.93. The molecule has 3 nitrogen and oxygen atoms in total. The zero-order chi connectivity index (χ0) is 15.6. The largest absolute Gasteiger partial charge is 0.360 e. The second-order valence-corrected chi connectivity index (χ2v) is 7.69. The predicted molar refractivity (Wildman–Crippen MR) is 97.9 cm³/mol. The van der Waals surface area contributed by atoms with Gasteiger partial charge in [0, 0.05) is 12.3 Å². The summed E-state index contributed by atoms with van der Waals surface area (Å²) in [5.74, 6) is 0.952. The molecule has 2 rings (SSSR count). The minimum absolute atomic E-state index is 0.947. The Morgan fingerprint density at radius 3 is 2.82 bits per heavy atom. The number of unbranched alkanes of at least 4 members (excludes halogenated alkanes) is 4. The highest BCUT2D eigenvalue weighted by Gasteiger charge is 2.05. The number of hydrogen-bond acceptors (Lipinski definition) is 5. The molecule has 0 atom stereocenters. The van der Waals surface area contributed by atoms with Gasteiger partial charge in [0.05, 0.1) is 0 Å². The Hall–Kier alpha value is -1.07. The van der Waals surface area contributed by atoms with E-state index in [0.717, 1.165) is 21.8 Å². The molecule has 120 valence electrons. The fraction of sp³-hybridized carbons (Fsp3) is 0.529. The average molecular weight is 336 g/mol. The van der Waals surface area contributed by atoms with Gasteiger partial charge in [-0.05, 0) is 18.9 Å². The Labute approximate surface area is 141 Å². The van der Waals surface area contributed by atoms with Crippen LogP contribution in [0.4, 0.5) is 5.13 Å². The highest BCUT2D eigenvalue weighted by atomic mass is 32.2. The lowest BCUT2D eigenvalue weighted by atomic mass is 10.1. The quantitative estimate of drug-likeness (QED) is 0.458. The molecule has 1 aromatic carbocycles. The van der Waals surface area contributed by atoms with Crippen LogP contribution in [-0.4, -0.2) is 16.7 Å². The molecule has 1 aromatic heterocycles. The zero-order valence-corrected chi connectivity index (χ0v) is 15.1. The van der Waals surface area contributed by atoms with Crippen molar-refractivity contribution in [1.82, 2.24) is 10.2 Å². The van der Waals surface area contributed by atoms with Crippen LogP contribution in [0.2, 0.25) is 0 Å². The third kappa shape index (κ3) is 6.36.